The second kappa shape index (κ2) is 9.49. The average Bonchev–Trinajstić information content (AvgIpc) is 3.24. The van der Waals surface area contributed by atoms with Crippen LogP contribution in [0.3, 0.4) is 0 Å². The Labute approximate surface area is 192 Å². The van der Waals surface area contributed by atoms with Gasteiger partial charge in [-0.25, -0.2) is 0 Å². The Balaban J connectivity index is 1.34. The highest BCUT2D eigenvalue weighted by Gasteiger charge is 2.36. The number of nitrogens with one attached hydrogen (secondary N) is 2. The Morgan fingerprint density at radius 3 is 2.47 bits per heavy atom. The lowest BCUT2D eigenvalue weighted by molar-refractivity contribution is 0.0847. The van der Waals surface area contributed by atoms with Gasteiger partial charge in [0.05, 0.1) is 35.5 Å². The highest BCUT2D eigenvalue weighted by atomic mass is 15.3. The number of nitrogens with zero attached hydrogens (tertiary/aromatic N) is 4. The molecule has 1 fully saturated rings. The Bertz CT molecular complexity index is 908. The molecular formula is C26H36N6. The van der Waals surface area contributed by atoms with Crippen LogP contribution in [0.4, 0.5) is 11.4 Å². The third kappa shape index (κ3) is 4.60. The minimum Gasteiger partial charge on any atom is -0.369 e. The van der Waals surface area contributed by atoms with Gasteiger partial charge in [0.15, 0.2) is 0 Å². The summed E-state index contributed by atoms with van der Waals surface area (Å²) in [5, 5.41) is 7.41. The normalized spacial score (nSPS) is 25.3. The average molecular weight is 433 g/mol. The van der Waals surface area contributed by atoms with Crippen molar-refractivity contribution in [2.24, 2.45) is 4.99 Å². The first-order chi connectivity index (χ1) is 15.7. The van der Waals surface area contributed by atoms with Gasteiger partial charge in [-0.05, 0) is 68.7 Å². The van der Waals surface area contributed by atoms with Crippen molar-refractivity contribution in [2.45, 2.75) is 69.2 Å². The predicted molar refractivity (Wildman–Crippen MR) is 132 cm³/mol. The third-order valence-corrected chi connectivity index (χ3v) is 7.19. The van der Waals surface area contributed by atoms with Gasteiger partial charge in [0.25, 0.3) is 0 Å². The fraction of sp³-hybridized carbons (Fsp3) is 0.538. The van der Waals surface area contributed by atoms with Crippen molar-refractivity contribution < 1.29 is 0 Å². The molecule has 1 aromatic heterocycles. The lowest BCUT2D eigenvalue weighted by Gasteiger charge is -2.43. The van der Waals surface area contributed by atoms with Gasteiger partial charge in [-0.1, -0.05) is 18.2 Å². The third-order valence-electron chi connectivity index (χ3n) is 7.19. The molecule has 2 aliphatic carbocycles. The fourth-order valence-corrected chi connectivity index (χ4v) is 5.65. The van der Waals surface area contributed by atoms with Crippen molar-refractivity contribution in [2.75, 3.05) is 31.3 Å². The van der Waals surface area contributed by atoms with Gasteiger partial charge >= 0.3 is 0 Å². The molecule has 6 nitrogen and oxygen atoms in total. The van der Waals surface area contributed by atoms with E-state index >= 15 is 0 Å². The number of aryl methyl sites for hydroxylation is 1. The number of aliphatic imine (C=N–C) groups is 1. The zero-order valence-electron chi connectivity index (χ0n) is 19.4. The molecule has 3 aliphatic rings. The minimum absolute atomic E-state index is 0.228. The molecule has 170 valence electrons. The van der Waals surface area contributed by atoms with Crippen molar-refractivity contribution >= 4 is 17.7 Å². The lowest BCUT2D eigenvalue weighted by Crippen LogP contribution is -2.48. The first-order valence-corrected chi connectivity index (χ1v) is 12.2. The van der Waals surface area contributed by atoms with Gasteiger partial charge in [-0.15, -0.1) is 0 Å². The number of pyridine rings is 1. The molecule has 1 unspecified atom stereocenters. The SMILES string of the molecule is CN(C)C=NC1CCC(N(CC2Nc3ccccc3N2)C2CCCc3cccnc32)CC1. The summed E-state index contributed by atoms with van der Waals surface area (Å²) in [6, 6.07) is 14.3. The number of rotatable bonds is 6. The van der Waals surface area contributed by atoms with Crippen LogP contribution in [0.5, 0.6) is 0 Å². The smallest absolute Gasteiger partial charge is 0.110 e. The van der Waals surface area contributed by atoms with Crippen molar-refractivity contribution in [3.8, 4) is 0 Å². The van der Waals surface area contributed by atoms with E-state index < -0.39 is 0 Å². The van der Waals surface area contributed by atoms with Gasteiger partial charge in [0.2, 0.25) is 0 Å². The molecule has 1 saturated carbocycles. The molecule has 6 heteroatoms. The maximum absolute atomic E-state index is 4.88. The summed E-state index contributed by atoms with van der Waals surface area (Å²) in [7, 11) is 4.09. The van der Waals surface area contributed by atoms with E-state index in [1.54, 1.807) is 0 Å². The van der Waals surface area contributed by atoms with Gasteiger partial charge in [-0.3, -0.25) is 14.9 Å². The van der Waals surface area contributed by atoms with Crippen LogP contribution in [0.2, 0.25) is 0 Å². The molecule has 32 heavy (non-hydrogen) atoms. The van der Waals surface area contributed by atoms with Crippen LogP contribution in [0.15, 0.2) is 47.6 Å². The van der Waals surface area contributed by atoms with Gasteiger partial charge < -0.3 is 15.5 Å². The molecular weight excluding hydrogens is 396 g/mol. The molecule has 0 bridgehead atoms. The van der Waals surface area contributed by atoms with Crippen LogP contribution in [0, 0.1) is 0 Å². The predicted octanol–water partition coefficient (Wildman–Crippen LogP) is 4.53. The topological polar surface area (TPSA) is 55.8 Å². The van der Waals surface area contributed by atoms with E-state index in [2.05, 4.69) is 51.9 Å². The molecule has 1 aromatic carbocycles. The molecule has 0 radical (unpaired) electrons. The maximum atomic E-state index is 4.88. The van der Waals surface area contributed by atoms with Crippen LogP contribution >= 0.6 is 0 Å². The zero-order chi connectivity index (χ0) is 21.9. The highest BCUT2D eigenvalue weighted by molar-refractivity contribution is 5.74. The Kier molecular flexibility index (Phi) is 6.30. The van der Waals surface area contributed by atoms with Gasteiger partial charge in [-0.2, -0.15) is 0 Å². The largest absolute Gasteiger partial charge is 0.369 e. The number of hydrogen-bond donors (Lipinski definition) is 2. The summed E-state index contributed by atoms with van der Waals surface area (Å²) in [6.45, 7) is 0.978. The first-order valence-electron chi connectivity index (χ1n) is 12.2. The second-order valence-corrected chi connectivity index (χ2v) is 9.73. The van der Waals surface area contributed by atoms with Crippen LogP contribution in [0.25, 0.3) is 0 Å². The molecule has 0 saturated heterocycles. The zero-order valence-corrected chi connectivity index (χ0v) is 19.4. The molecule has 2 aromatic rings. The van der Waals surface area contributed by atoms with Crippen LogP contribution < -0.4 is 10.6 Å². The molecule has 2 N–H and O–H groups in total. The summed E-state index contributed by atoms with van der Waals surface area (Å²) in [4.78, 5) is 14.5. The maximum Gasteiger partial charge on any atom is 0.110 e. The van der Waals surface area contributed by atoms with E-state index in [1.165, 1.54) is 61.2 Å². The van der Waals surface area contributed by atoms with Crippen molar-refractivity contribution in [1.29, 1.82) is 0 Å². The van der Waals surface area contributed by atoms with Crippen molar-refractivity contribution in [1.82, 2.24) is 14.8 Å². The number of anilines is 2. The van der Waals surface area contributed by atoms with Gasteiger partial charge in [0.1, 0.15) is 6.17 Å². The summed E-state index contributed by atoms with van der Waals surface area (Å²) in [5.74, 6) is 0. The lowest BCUT2D eigenvalue weighted by atomic mass is 9.85. The standard InChI is InChI=1S/C26H36N6/c1-31(2)18-28-20-12-14-21(15-13-20)32(17-25-29-22-9-3-4-10-23(22)30-25)24-11-5-7-19-8-6-16-27-26(19)24/h3-4,6,8-10,16,18,20-21,24-25,29-30H,5,7,11-15,17H2,1-2H3. The van der Waals surface area contributed by atoms with E-state index in [1.807, 2.05) is 31.5 Å². The highest BCUT2D eigenvalue weighted by Crippen LogP contribution is 2.38. The van der Waals surface area contributed by atoms with Crippen molar-refractivity contribution in [3.63, 3.8) is 0 Å². The Morgan fingerprint density at radius 2 is 1.75 bits per heavy atom. The van der Waals surface area contributed by atoms with E-state index in [-0.39, 0.29) is 6.17 Å². The number of hydrogen-bond acceptors (Lipinski definition) is 5. The number of benzene rings is 1. The van der Waals surface area contributed by atoms with Crippen LogP contribution in [-0.4, -0.2) is 60.0 Å². The number of fused-ring (bicyclic) bond motifs is 2. The second-order valence-electron chi connectivity index (χ2n) is 9.73. The van der Waals surface area contributed by atoms with Gasteiger partial charge in [0, 0.05) is 32.9 Å². The molecule has 5 rings (SSSR count). The Morgan fingerprint density at radius 1 is 1.00 bits per heavy atom. The van der Waals surface area contributed by atoms with Crippen LogP contribution in [-0.2, 0) is 6.42 Å². The van der Waals surface area contributed by atoms with E-state index in [4.69, 9.17) is 9.98 Å². The Hall–Kier alpha value is -2.60. The molecule has 2 heterocycles. The summed E-state index contributed by atoms with van der Waals surface area (Å²) >= 11 is 0. The quantitative estimate of drug-likeness (QED) is 0.519. The van der Waals surface area contributed by atoms with E-state index in [0.29, 0.717) is 18.1 Å². The molecule has 0 spiro atoms. The first kappa shape index (κ1) is 21.3. The van der Waals surface area contributed by atoms with Crippen molar-refractivity contribution in [3.05, 3.63) is 53.9 Å². The number of aromatic nitrogens is 1. The summed E-state index contributed by atoms with van der Waals surface area (Å²) < 4.78 is 0. The molecule has 1 aliphatic heterocycles. The summed E-state index contributed by atoms with van der Waals surface area (Å²) in [6.07, 6.45) is 12.5. The monoisotopic (exact) mass is 432 g/mol. The minimum atomic E-state index is 0.228. The molecule has 0 amide bonds. The number of para-hydroxylation sites is 2. The van der Waals surface area contributed by atoms with E-state index in [9.17, 15) is 0 Å². The fourth-order valence-electron chi connectivity index (χ4n) is 5.65. The summed E-state index contributed by atoms with van der Waals surface area (Å²) in [5.41, 5.74) is 5.17. The van der Waals surface area contributed by atoms with E-state index in [0.717, 1.165) is 13.0 Å². The molecule has 1 atom stereocenters. The van der Waals surface area contributed by atoms with Crippen LogP contribution in [0.1, 0.15) is 55.8 Å².